The summed E-state index contributed by atoms with van der Waals surface area (Å²) in [7, 11) is 3.74. The molecule has 6 nitrogen and oxygen atoms in total. The third-order valence-corrected chi connectivity index (χ3v) is 6.59. The van der Waals surface area contributed by atoms with Crippen molar-refractivity contribution >= 4 is 35.0 Å². The van der Waals surface area contributed by atoms with Crippen LogP contribution < -0.4 is 5.32 Å². The Kier molecular flexibility index (Phi) is 9.15. The fraction of sp³-hybridized carbons (Fsp3) is 0.440. The summed E-state index contributed by atoms with van der Waals surface area (Å²) in [4.78, 5) is 28.9. The van der Waals surface area contributed by atoms with E-state index in [1.807, 2.05) is 37.4 Å². The molecular formula is C25H31Cl2N3O3. The number of amides is 2. The lowest BCUT2D eigenvalue weighted by atomic mass is 9.95. The van der Waals surface area contributed by atoms with Crippen LogP contribution >= 0.6 is 23.2 Å². The van der Waals surface area contributed by atoms with Crippen molar-refractivity contribution in [3.63, 3.8) is 0 Å². The van der Waals surface area contributed by atoms with Crippen LogP contribution in [0.3, 0.4) is 0 Å². The molecule has 1 saturated heterocycles. The first-order valence-electron chi connectivity index (χ1n) is 11.1. The van der Waals surface area contributed by atoms with E-state index < -0.39 is 5.41 Å². The maximum atomic E-state index is 12.6. The van der Waals surface area contributed by atoms with E-state index in [2.05, 4.69) is 10.2 Å². The summed E-state index contributed by atoms with van der Waals surface area (Å²) in [5.74, 6) is -0.163. The smallest absolute Gasteiger partial charge is 0.242 e. The molecule has 0 bridgehead atoms. The predicted octanol–water partition coefficient (Wildman–Crippen LogP) is 3.75. The van der Waals surface area contributed by atoms with Gasteiger partial charge in [0.05, 0.1) is 18.6 Å². The van der Waals surface area contributed by atoms with Gasteiger partial charge in [-0.05, 0) is 43.1 Å². The van der Waals surface area contributed by atoms with Gasteiger partial charge in [0.1, 0.15) is 0 Å². The Morgan fingerprint density at radius 1 is 1.03 bits per heavy atom. The van der Waals surface area contributed by atoms with Crippen molar-refractivity contribution in [1.29, 1.82) is 0 Å². The quantitative estimate of drug-likeness (QED) is 0.668. The van der Waals surface area contributed by atoms with E-state index in [4.69, 9.17) is 27.9 Å². The monoisotopic (exact) mass is 491 g/mol. The molecule has 1 aliphatic heterocycles. The lowest BCUT2D eigenvalue weighted by Crippen LogP contribution is -2.50. The second-order valence-electron chi connectivity index (χ2n) is 8.49. The molecule has 0 atom stereocenters. The summed E-state index contributed by atoms with van der Waals surface area (Å²) >= 11 is 12.2. The first kappa shape index (κ1) is 25.5. The normalized spacial score (nSPS) is 17.0. The third kappa shape index (κ3) is 6.93. The summed E-state index contributed by atoms with van der Waals surface area (Å²) in [5, 5.41) is 3.85. The average Bonchev–Trinajstić information content (AvgIpc) is 3.61. The second-order valence-corrected chi connectivity index (χ2v) is 9.34. The molecule has 33 heavy (non-hydrogen) atoms. The van der Waals surface area contributed by atoms with E-state index in [1.165, 1.54) is 5.56 Å². The van der Waals surface area contributed by atoms with Gasteiger partial charge in [-0.25, -0.2) is 0 Å². The van der Waals surface area contributed by atoms with Crippen LogP contribution in [-0.2, 0) is 26.3 Å². The van der Waals surface area contributed by atoms with Crippen molar-refractivity contribution in [2.75, 3.05) is 46.9 Å². The average molecular weight is 492 g/mol. The Morgan fingerprint density at radius 2 is 1.70 bits per heavy atom. The largest absolute Gasteiger partial charge is 0.380 e. The van der Waals surface area contributed by atoms with Gasteiger partial charge < -0.3 is 19.9 Å². The lowest BCUT2D eigenvalue weighted by molar-refractivity contribution is -0.134. The number of nitrogens with zero attached hydrogens (tertiary/aromatic N) is 2. The summed E-state index contributed by atoms with van der Waals surface area (Å²) in [6.07, 6.45) is 1.48. The van der Waals surface area contributed by atoms with Crippen LogP contribution in [0.4, 0.5) is 0 Å². The number of rotatable bonds is 6. The number of carbonyl (C=O) groups is 2. The van der Waals surface area contributed by atoms with E-state index in [1.54, 1.807) is 30.2 Å². The highest BCUT2D eigenvalue weighted by molar-refractivity contribution is 6.35. The molecular weight excluding hydrogens is 461 g/mol. The fourth-order valence-corrected chi connectivity index (χ4v) is 4.44. The molecule has 2 aromatic carbocycles. The number of methoxy groups -OCH3 is 1. The van der Waals surface area contributed by atoms with Crippen molar-refractivity contribution in [3.8, 4) is 0 Å². The molecule has 178 valence electrons. The van der Waals surface area contributed by atoms with E-state index in [-0.39, 0.29) is 18.4 Å². The molecule has 1 saturated carbocycles. The first-order chi connectivity index (χ1) is 15.9. The molecule has 1 N–H and O–H groups in total. The third-order valence-electron chi connectivity index (χ3n) is 6.04. The van der Waals surface area contributed by atoms with Gasteiger partial charge in [0.15, 0.2) is 0 Å². The molecule has 0 unspecified atom stereocenters. The summed E-state index contributed by atoms with van der Waals surface area (Å²) in [6, 6.07) is 15.3. The maximum Gasteiger partial charge on any atom is 0.242 e. The number of hydrogen-bond acceptors (Lipinski definition) is 4. The van der Waals surface area contributed by atoms with Crippen LogP contribution in [0.5, 0.6) is 0 Å². The van der Waals surface area contributed by atoms with Gasteiger partial charge in [0.2, 0.25) is 11.8 Å². The molecule has 2 aromatic rings. The van der Waals surface area contributed by atoms with Crippen molar-refractivity contribution < 1.29 is 14.3 Å². The summed E-state index contributed by atoms with van der Waals surface area (Å²) in [5.41, 5.74) is 1.41. The highest BCUT2D eigenvalue weighted by atomic mass is 35.5. The minimum Gasteiger partial charge on any atom is -0.380 e. The Morgan fingerprint density at radius 3 is 2.27 bits per heavy atom. The van der Waals surface area contributed by atoms with E-state index >= 15 is 0 Å². The number of halogens is 2. The number of carbonyl (C=O) groups excluding carboxylic acids is 2. The number of piperazine rings is 1. The molecule has 1 heterocycles. The van der Waals surface area contributed by atoms with Crippen LogP contribution in [0.1, 0.15) is 24.0 Å². The topological polar surface area (TPSA) is 61.9 Å². The molecule has 8 heteroatoms. The molecule has 4 rings (SSSR count). The van der Waals surface area contributed by atoms with Gasteiger partial charge in [-0.3, -0.25) is 9.59 Å². The lowest BCUT2D eigenvalue weighted by Gasteiger charge is -2.32. The van der Waals surface area contributed by atoms with E-state index in [0.29, 0.717) is 29.7 Å². The van der Waals surface area contributed by atoms with Gasteiger partial charge in [-0.2, -0.15) is 0 Å². The van der Waals surface area contributed by atoms with Crippen LogP contribution in [0, 0.1) is 0 Å². The maximum absolute atomic E-state index is 12.6. The van der Waals surface area contributed by atoms with Gasteiger partial charge >= 0.3 is 0 Å². The number of nitrogens with one attached hydrogen (secondary N) is 1. The Hall–Kier alpha value is -2.12. The van der Waals surface area contributed by atoms with Gasteiger partial charge in [-0.1, -0.05) is 59.6 Å². The number of likely N-dealkylation sites (N-methyl/N-ethyl adjacent to an activating group) is 1. The minimum atomic E-state index is -0.607. The van der Waals surface area contributed by atoms with Crippen LogP contribution in [0.25, 0.3) is 0 Å². The Balaban J connectivity index is 0.000000286. The summed E-state index contributed by atoms with van der Waals surface area (Å²) < 4.78 is 4.93. The SMILES string of the molecule is CN1CCN(C(=O)CNC(=O)C2(c3ccc(Cl)cc3Cl)CC2)CC1.COCc1ccccc1. The zero-order valence-electron chi connectivity index (χ0n) is 19.2. The van der Waals surface area contributed by atoms with Crippen LogP contribution in [0.2, 0.25) is 10.0 Å². The second kappa shape index (κ2) is 11.8. The Labute approximate surface area is 205 Å². The molecule has 0 spiro atoms. The molecule has 2 aliphatic rings. The van der Waals surface area contributed by atoms with Gasteiger partial charge in [-0.15, -0.1) is 0 Å². The van der Waals surface area contributed by atoms with Crippen molar-refractivity contribution in [1.82, 2.24) is 15.1 Å². The number of benzene rings is 2. The summed E-state index contributed by atoms with van der Waals surface area (Å²) in [6.45, 7) is 3.89. The zero-order chi connectivity index (χ0) is 23.8. The van der Waals surface area contributed by atoms with Crippen LogP contribution in [0.15, 0.2) is 48.5 Å². The highest BCUT2D eigenvalue weighted by Gasteiger charge is 2.52. The van der Waals surface area contributed by atoms with Gasteiger partial charge in [0, 0.05) is 43.3 Å². The standard InChI is InChI=1S/C17H21Cl2N3O2.C8H10O/c1-21-6-8-22(9-7-21)15(23)11-20-16(24)17(4-5-17)13-3-2-12(18)10-14(13)19;1-9-7-8-5-3-2-4-6-8/h2-3,10H,4-9,11H2,1H3,(H,20,24);2-6H,7H2,1H3. The molecule has 2 amide bonds. The number of hydrogen-bond donors (Lipinski definition) is 1. The van der Waals surface area contributed by atoms with Crippen molar-refractivity contribution in [3.05, 3.63) is 69.7 Å². The minimum absolute atomic E-state index is 0.0329. The van der Waals surface area contributed by atoms with Crippen LogP contribution in [-0.4, -0.2) is 68.5 Å². The Bertz CT molecular complexity index is 943. The first-order valence-corrected chi connectivity index (χ1v) is 11.8. The molecule has 0 aromatic heterocycles. The highest BCUT2D eigenvalue weighted by Crippen LogP contribution is 2.51. The fourth-order valence-electron chi connectivity index (χ4n) is 3.85. The number of ether oxygens (including phenoxy) is 1. The molecule has 0 radical (unpaired) electrons. The molecule has 2 fully saturated rings. The molecule has 1 aliphatic carbocycles. The van der Waals surface area contributed by atoms with Crippen molar-refractivity contribution in [2.45, 2.75) is 24.9 Å². The predicted molar refractivity (Wildman–Crippen MR) is 132 cm³/mol. The van der Waals surface area contributed by atoms with E-state index in [0.717, 1.165) is 31.5 Å². The zero-order valence-corrected chi connectivity index (χ0v) is 20.7. The van der Waals surface area contributed by atoms with Gasteiger partial charge in [0.25, 0.3) is 0 Å². The van der Waals surface area contributed by atoms with E-state index in [9.17, 15) is 9.59 Å². The van der Waals surface area contributed by atoms with Crippen molar-refractivity contribution in [2.24, 2.45) is 0 Å².